The zero-order valence-corrected chi connectivity index (χ0v) is 19.2. The molecule has 0 unspecified atom stereocenters. The predicted octanol–water partition coefficient (Wildman–Crippen LogP) is 2.32. The fourth-order valence-electron chi connectivity index (χ4n) is 2.75. The fourth-order valence-corrected chi connectivity index (χ4v) is 3.54. The van der Waals surface area contributed by atoms with Crippen LogP contribution in [0.1, 0.15) is 33.6 Å². The second kappa shape index (κ2) is 10.6. The van der Waals surface area contributed by atoms with Crippen molar-refractivity contribution >= 4 is 26.1 Å². The molecule has 1 rings (SSSR count). The molecule has 0 fully saturated rings. The Morgan fingerprint density at radius 1 is 1.30 bits per heavy atom. The van der Waals surface area contributed by atoms with E-state index in [0.717, 1.165) is 17.2 Å². The van der Waals surface area contributed by atoms with E-state index in [2.05, 4.69) is 4.98 Å². The van der Waals surface area contributed by atoms with Gasteiger partial charge in [-0.1, -0.05) is 13.8 Å². The molecule has 0 saturated heterocycles. The van der Waals surface area contributed by atoms with Crippen LogP contribution in [-0.4, -0.2) is 69.6 Å². The Balaban J connectivity index is 2.85. The minimum Gasteiger partial charge on any atom is -0.465 e. The van der Waals surface area contributed by atoms with Crippen molar-refractivity contribution in [3.63, 3.8) is 0 Å². The number of carbonyl (C=O) groups is 1. The van der Waals surface area contributed by atoms with Gasteiger partial charge in [-0.2, -0.15) is 0 Å². The number of aromatic nitrogens is 2. The van der Waals surface area contributed by atoms with Crippen LogP contribution in [0.25, 0.3) is 0 Å². The van der Waals surface area contributed by atoms with Gasteiger partial charge in [0.05, 0.1) is 19.7 Å². The van der Waals surface area contributed by atoms with Crippen LogP contribution in [0.2, 0.25) is 18.1 Å². The molecule has 0 spiro atoms. The third kappa shape index (κ3) is 7.46. The molecule has 0 amide bonds. The molecule has 0 atom stereocenters. The van der Waals surface area contributed by atoms with Crippen molar-refractivity contribution in [2.45, 2.75) is 58.3 Å². The normalized spacial score (nSPS) is 12.2. The van der Waals surface area contributed by atoms with Gasteiger partial charge in [0.15, 0.2) is 14.5 Å². The van der Waals surface area contributed by atoms with Gasteiger partial charge in [0.2, 0.25) is 0 Å². The molecule has 1 heterocycles. The van der Waals surface area contributed by atoms with Gasteiger partial charge in [0, 0.05) is 6.54 Å². The summed E-state index contributed by atoms with van der Waals surface area (Å²) in [6, 6.07) is 0. The van der Waals surface area contributed by atoms with Gasteiger partial charge < -0.3 is 29.8 Å². The standard InChI is InChI=1S/C17H31N5O7Si/c1-6-29-15(23)13-19(9-7-8-17(2,3)30(4,5)28)10-11-20-12-14(21(24)25)18-16(20)22(26)27/h12,28H,6-11,13H2,1-5H3. The Hall–Kier alpha value is -2.38. The number of nitro groups is 2. The van der Waals surface area contributed by atoms with Crippen molar-refractivity contribution < 1.29 is 24.2 Å². The number of esters is 1. The molecular weight excluding hydrogens is 414 g/mol. The Bertz CT molecular complexity index is 760. The molecule has 12 nitrogen and oxygen atoms in total. The second-order valence-corrected chi connectivity index (χ2v) is 12.7. The molecule has 13 heteroatoms. The number of carbonyl (C=O) groups excluding carboxylic acids is 1. The topological polar surface area (TPSA) is 154 Å². The molecule has 1 aromatic rings. The second-order valence-electron chi connectivity index (χ2n) is 8.23. The van der Waals surface area contributed by atoms with E-state index in [0.29, 0.717) is 13.0 Å². The number of nitrogens with zero attached hydrogens (tertiary/aromatic N) is 5. The Morgan fingerprint density at radius 3 is 2.43 bits per heavy atom. The SMILES string of the molecule is CCOC(=O)CN(CCCC(C)(C)[Si](C)(C)O)CCn1cc([N+](=O)[O-])nc1[N+](=O)[O-]. The number of hydrogen-bond acceptors (Lipinski definition) is 9. The maximum absolute atomic E-state index is 11.9. The minimum absolute atomic E-state index is 0.00119. The Kier molecular flexibility index (Phi) is 9.05. The average Bonchev–Trinajstić information content (AvgIpc) is 3.03. The molecule has 0 aliphatic carbocycles. The summed E-state index contributed by atoms with van der Waals surface area (Å²) in [5, 5.41) is 21.8. The summed E-state index contributed by atoms with van der Waals surface area (Å²) in [6.45, 7) is 10.6. The molecule has 1 N–H and O–H groups in total. The van der Waals surface area contributed by atoms with Gasteiger partial charge >= 0.3 is 17.7 Å². The molecule has 170 valence electrons. The van der Waals surface area contributed by atoms with Crippen LogP contribution in [0.4, 0.5) is 11.8 Å². The first-order chi connectivity index (χ1) is 13.8. The highest BCUT2D eigenvalue weighted by Gasteiger charge is 2.37. The molecule has 0 aromatic carbocycles. The lowest BCUT2D eigenvalue weighted by molar-refractivity contribution is -0.403. The van der Waals surface area contributed by atoms with E-state index in [-0.39, 0.29) is 31.3 Å². The van der Waals surface area contributed by atoms with E-state index in [1.54, 1.807) is 11.8 Å². The monoisotopic (exact) mass is 445 g/mol. The van der Waals surface area contributed by atoms with Crippen LogP contribution in [0.5, 0.6) is 0 Å². The van der Waals surface area contributed by atoms with Crippen molar-refractivity contribution in [3.8, 4) is 0 Å². The first kappa shape index (κ1) is 25.7. The predicted molar refractivity (Wildman–Crippen MR) is 112 cm³/mol. The summed E-state index contributed by atoms with van der Waals surface area (Å²) in [4.78, 5) is 48.0. The van der Waals surface area contributed by atoms with Crippen molar-refractivity contribution in [2.24, 2.45) is 0 Å². The van der Waals surface area contributed by atoms with E-state index in [1.165, 1.54) is 0 Å². The zero-order chi connectivity index (χ0) is 23.1. The van der Waals surface area contributed by atoms with E-state index in [1.807, 2.05) is 26.9 Å². The van der Waals surface area contributed by atoms with Gasteiger partial charge in [-0.15, -0.1) is 0 Å². The molecule has 0 radical (unpaired) electrons. The summed E-state index contributed by atoms with van der Waals surface area (Å²) in [5.41, 5.74) is 0. The van der Waals surface area contributed by atoms with Crippen LogP contribution in [0.15, 0.2) is 6.20 Å². The summed E-state index contributed by atoms with van der Waals surface area (Å²) in [6.07, 6.45) is 2.47. The van der Waals surface area contributed by atoms with Gasteiger partial charge in [0.1, 0.15) is 0 Å². The van der Waals surface area contributed by atoms with E-state index in [4.69, 9.17) is 4.74 Å². The smallest absolute Gasteiger partial charge is 0.439 e. The summed E-state index contributed by atoms with van der Waals surface area (Å²) >= 11 is 0. The maximum Gasteiger partial charge on any atom is 0.439 e. The molecule has 0 bridgehead atoms. The highest BCUT2D eigenvalue weighted by Crippen LogP contribution is 2.39. The van der Waals surface area contributed by atoms with Gasteiger partial charge in [-0.05, 0) is 59.3 Å². The summed E-state index contributed by atoms with van der Waals surface area (Å²) in [7, 11) is -2.36. The molecule has 1 aromatic heterocycles. The van der Waals surface area contributed by atoms with Crippen LogP contribution >= 0.6 is 0 Å². The average molecular weight is 446 g/mol. The van der Waals surface area contributed by atoms with Crippen molar-refractivity contribution in [2.75, 3.05) is 26.2 Å². The van der Waals surface area contributed by atoms with E-state index in [9.17, 15) is 29.8 Å². The Labute approximate surface area is 176 Å². The number of hydrogen-bond donors (Lipinski definition) is 1. The summed E-state index contributed by atoms with van der Waals surface area (Å²) in [5.74, 6) is -1.64. The van der Waals surface area contributed by atoms with Crippen LogP contribution < -0.4 is 0 Å². The molecule has 30 heavy (non-hydrogen) atoms. The lowest BCUT2D eigenvalue weighted by Crippen LogP contribution is -2.40. The molecular formula is C17H31N5O7Si. The largest absolute Gasteiger partial charge is 0.465 e. The van der Waals surface area contributed by atoms with Crippen molar-refractivity contribution in [3.05, 3.63) is 26.4 Å². The molecule has 0 aliphatic heterocycles. The fraction of sp³-hybridized carbons (Fsp3) is 0.765. The number of ether oxygens (including phenoxy) is 1. The van der Waals surface area contributed by atoms with Crippen molar-refractivity contribution in [1.29, 1.82) is 0 Å². The van der Waals surface area contributed by atoms with Crippen LogP contribution in [-0.2, 0) is 16.1 Å². The maximum atomic E-state index is 11.9. The zero-order valence-electron chi connectivity index (χ0n) is 18.2. The van der Waals surface area contributed by atoms with Gasteiger partial charge in [0.25, 0.3) is 0 Å². The summed E-state index contributed by atoms with van der Waals surface area (Å²) < 4.78 is 6.09. The van der Waals surface area contributed by atoms with Gasteiger partial charge in [-0.3, -0.25) is 9.69 Å². The van der Waals surface area contributed by atoms with Crippen LogP contribution in [0.3, 0.4) is 0 Å². The van der Waals surface area contributed by atoms with E-state index >= 15 is 0 Å². The third-order valence-electron chi connectivity index (χ3n) is 5.34. The highest BCUT2D eigenvalue weighted by atomic mass is 28.4. The van der Waals surface area contributed by atoms with Crippen LogP contribution in [0, 0.1) is 20.2 Å². The van der Waals surface area contributed by atoms with Gasteiger partial charge in [-0.25, -0.2) is 4.57 Å². The molecule has 0 saturated carbocycles. The molecule has 0 aliphatic rings. The van der Waals surface area contributed by atoms with Crippen molar-refractivity contribution in [1.82, 2.24) is 14.5 Å². The quantitative estimate of drug-likeness (QED) is 0.208. The Morgan fingerprint density at radius 2 is 1.93 bits per heavy atom. The lowest BCUT2D eigenvalue weighted by Gasteiger charge is -2.35. The first-order valence-electron chi connectivity index (χ1n) is 9.74. The minimum atomic E-state index is -2.36. The van der Waals surface area contributed by atoms with E-state index < -0.39 is 35.9 Å². The first-order valence-corrected chi connectivity index (χ1v) is 12.7. The number of imidazole rings is 1. The lowest BCUT2D eigenvalue weighted by atomic mass is 10.1. The number of rotatable bonds is 13. The third-order valence-corrected chi connectivity index (χ3v) is 8.90. The highest BCUT2D eigenvalue weighted by molar-refractivity contribution is 6.72.